The largest absolute Gasteiger partial charge is 0.456 e. The summed E-state index contributed by atoms with van der Waals surface area (Å²) < 4.78 is 9.84. The van der Waals surface area contributed by atoms with Crippen molar-refractivity contribution >= 4 is 23.7 Å². The van der Waals surface area contributed by atoms with Crippen LogP contribution in [0.25, 0.3) is 0 Å². The average Bonchev–Trinajstić information content (AvgIpc) is 2.50. The van der Waals surface area contributed by atoms with E-state index in [0.29, 0.717) is 0 Å². The lowest BCUT2D eigenvalue weighted by Gasteiger charge is -2.31. The number of ether oxygens (including phenoxy) is 2. The third-order valence-corrected chi connectivity index (χ3v) is 4.56. The highest BCUT2D eigenvalue weighted by Gasteiger charge is 2.61. The second-order valence-electron chi connectivity index (χ2n) is 5.50. The molecule has 1 aromatic carbocycles. The lowest BCUT2D eigenvalue weighted by Crippen LogP contribution is -2.47. The third kappa shape index (κ3) is 2.68. The summed E-state index contributed by atoms with van der Waals surface area (Å²) >= 11 is 1.36. The normalized spacial score (nSPS) is 28.0. The van der Waals surface area contributed by atoms with E-state index in [-0.39, 0.29) is 5.97 Å². The number of cyclic esters (lactones) is 1. The summed E-state index contributed by atoms with van der Waals surface area (Å²) in [7, 11) is 0. The molecule has 1 saturated heterocycles. The molecule has 0 aromatic heterocycles. The topological polar surface area (TPSA) is 52.6 Å². The molecule has 1 fully saturated rings. The number of thioether (sulfide) groups is 1. The lowest BCUT2D eigenvalue weighted by molar-refractivity contribution is -0.158. The van der Waals surface area contributed by atoms with E-state index < -0.39 is 22.4 Å². The van der Waals surface area contributed by atoms with Crippen LogP contribution in [-0.2, 0) is 19.1 Å². The second-order valence-corrected chi connectivity index (χ2v) is 7.03. The molecule has 0 radical (unpaired) electrons. The molecule has 0 bridgehead atoms. The van der Waals surface area contributed by atoms with Crippen molar-refractivity contribution in [2.24, 2.45) is 0 Å². The zero-order valence-electron chi connectivity index (χ0n) is 12.0. The molecular weight excluding hydrogens is 276 g/mol. The Bertz CT molecular complexity index is 526. The Balaban J connectivity index is 2.34. The molecule has 4 nitrogen and oxygen atoms in total. The van der Waals surface area contributed by atoms with Crippen LogP contribution < -0.4 is 0 Å². The molecule has 0 saturated carbocycles. The zero-order valence-corrected chi connectivity index (χ0v) is 12.8. The second kappa shape index (κ2) is 5.13. The Morgan fingerprint density at radius 1 is 1.25 bits per heavy atom. The summed E-state index contributed by atoms with van der Waals surface area (Å²) in [6, 6.07) is 9.54. The zero-order chi connectivity index (χ0) is 15.0. The van der Waals surface area contributed by atoms with Gasteiger partial charge >= 0.3 is 11.9 Å². The SMILES string of the molecule is CC(=O)O[C@@H]1C(C)(C)OC(=O)[C@]1(C)Sc1ccccc1. The Labute approximate surface area is 122 Å². The number of carbonyl (C=O) groups is 2. The van der Waals surface area contributed by atoms with Gasteiger partial charge in [0, 0.05) is 11.8 Å². The first-order chi connectivity index (χ1) is 9.25. The average molecular weight is 294 g/mol. The molecule has 2 rings (SSSR count). The number of esters is 2. The molecular formula is C15H18O4S. The van der Waals surface area contributed by atoms with Crippen LogP contribution in [0.3, 0.4) is 0 Å². The minimum atomic E-state index is -0.948. The number of hydrogen-bond acceptors (Lipinski definition) is 5. The fourth-order valence-electron chi connectivity index (χ4n) is 2.41. The lowest BCUT2D eigenvalue weighted by atomic mass is 9.94. The van der Waals surface area contributed by atoms with Gasteiger partial charge in [0.25, 0.3) is 0 Å². The first kappa shape index (κ1) is 14.9. The fourth-order valence-corrected chi connectivity index (χ4v) is 3.76. The van der Waals surface area contributed by atoms with Crippen LogP contribution in [0.15, 0.2) is 35.2 Å². The molecule has 1 aliphatic heterocycles. The molecule has 1 aromatic rings. The summed E-state index contributed by atoms with van der Waals surface area (Å²) in [6.07, 6.45) is -0.634. The summed E-state index contributed by atoms with van der Waals surface area (Å²) in [4.78, 5) is 24.5. The maximum absolute atomic E-state index is 12.3. The third-order valence-electron chi connectivity index (χ3n) is 3.25. The minimum Gasteiger partial charge on any atom is -0.456 e. The van der Waals surface area contributed by atoms with Gasteiger partial charge in [-0.25, -0.2) is 0 Å². The van der Waals surface area contributed by atoms with Crippen LogP contribution in [0.1, 0.15) is 27.7 Å². The number of hydrogen-bond donors (Lipinski definition) is 0. The fraction of sp³-hybridized carbons (Fsp3) is 0.467. The summed E-state index contributed by atoms with van der Waals surface area (Å²) in [6.45, 7) is 6.62. The van der Waals surface area contributed by atoms with Gasteiger partial charge in [-0.15, -0.1) is 11.8 Å². The van der Waals surface area contributed by atoms with Gasteiger partial charge in [0.2, 0.25) is 0 Å². The first-order valence-electron chi connectivity index (χ1n) is 6.40. The van der Waals surface area contributed by atoms with Crippen LogP contribution in [0, 0.1) is 0 Å². The van der Waals surface area contributed by atoms with E-state index in [1.165, 1.54) is 18.7 Å². The summed E-state index contributed by atoms with van der Waals surface area (Å²) in [5.41, 5.74) is -0.834. The van der Waals surface area contributed by atoms with E-state index >= 15 is 0 Å². The van der Waals surface area contributed by atoms with Gasteiger partial charge in [-0.3, -0.25) is 9.59 Å². The van der Waals surface area contributed by atoms with Gasteiger partial charge in [0.15, 0.2) is 10.9 Å². The maximum Gasteiger partial charge on any atom is 0.326 e. The van der Waals surface area contributed by atoms with Crippen LogP contribution >= 0.6 is 11.8 Å². The number of carbonyl (C=O) groups excluding carboxylic acids is 2. The van der Waals surface area contributed by atoms with E-state index in [1.54, 1.807) is 20.8 Å². The minimum absolute atomic E-state index is 0.359. The Morgan fingerprint density at radius 3 is 2.40 bits per heavy atom. The van der Waals surface area contributed by atoms with Crippen molar-refractivity contribution in [1.29, 1.82) is 0 Å². The molecule has 0 unspecified atom stereocenters. The maximum atomic E-state index is 12.3. The van der Waals surface area contributed by atoms with Crippen molar-refractivity contribution in [2.45, 2.75) is 49.0 Å². The highest BCUT2D eigenvalue weighted by atomic mass is 32.2. The van der Waals surface area contributed by atoms with Crippen LogP contribution in [0.4, 0.5) is 0 Å². The van der Waals surface area contributed by atoms with Gasteiger partial charge in [-0.05, 0) is 32.9 Å². The molecule has 108 valence electrons. The molecule has 20 heavy (non-hydrogen) atoms. The predicted octanol–water partition coefficient (Wildman–Crippen LogP) is 2.80. The first-order valence-corrected chi connectivity index (χ1v) is 7.22. The standard InChI is InChI=1S/C15H18O4S/c1-10(16)18-12-14(2,3)19-13(17)15(12,4)20-11-8-6-5-7-9-11/h5-9,12H,1-4H3/t12-,15-/m1/s1. The van der Waals surface area contributed by atoms with Gasteiger partial charge < -0.3 is 9.47 Å². The number of rotatable bonds is 3. The van der Waals surface area contributed by atoms with Crippen molar-refractivity contribution in [3.63, 3.8) is 0 Å². The van der Waals surface area contributed by atoms with Crippen molar-refractivity contribution in [2.75, 3.05) is 0 Å². The van der Waals surface area contributed by atoms with E-state index in [1.807, 2.05) is 30.3 Å². The van der Waals surface area contributed by atoms with Crippen molar-refractivity contribution in [3.05, 3.63) is 30.3 Å². The van der Waals surface area contributed by atoms with Crippen LogP contribution in [-0.4, -0.2) is 28.4 Å². The van der Waals surface area contributed by atoms with Crippen molar-refractivity contribution in [3.8, 4) is 0 Å². The molecule has 1 heterocycles. The Hall–Kier alpha value is -1.49. The quantitative estimate of drug-likeness (QED) is 0.802. The molecule has 0 aliphatic carbocycles. The summed E-state index contributed by atoms with van der Waals surface area (Å²) in [5.74, 6) is -0.774. The molecule has 0 N–H and O–H groups in total. The van der Waals surface area contributed by atoms with E-state index in [2.05, 4.69) is 0 Å². The van der Waals surface area contributed by atoms with E-state index in [4.69, 9.17) is 9.47 Å². The monoisotopic (exact) mass is 294 g/mol. The van der Waals surface area contributed by atoms with Gasteiger partial charge in [0.05, 0.1) is 0 Å². The molecule has 1 aliphatic rings. The van der Waals surface area contributed by atoms with Crippen molar-refractivity contribution in [1.82, 2.24) is 0 Å². The highest BCUT2D eigenvalue weighted by Crippen LogP contribution is 2.47. The van der Waals surface area contributed by atoms with Crippen molar-refractivity contribution < 1.29 is 19.1 Å². The molecule has 2 atom stereocenters. The Morgan fingerprint density at radius 2 is 1.85 bits per heavy atom. The predicted molar refractivity (Wildman–Crippen MR) is 76.4 cm³/mol. The van der Waals surface area contributed by atoms with E-state index in [0.717, 1.165) is 4.90 Å². The Kier molecular flexibility index (Phi) is 3.82. The summed E-state index contributed by atoms with van der Waals surface area (Å²) in [5, 5.41) is 0. The highest BCUT2D eigenvalue weighted by molar-refractivity contribution is 8.01. The van der Waals surface area contributed by atoms with Crippen LogP contribution in [0.5, 0.6) is 0 Å². The smallest absolute Gasteiger partial charge is 0.326 e. The van der Waals surface area contributed by atoms with Crippen LogP contribution in [0.2, 0.25) is 0 Å². The van der Waals surface area contributed by atoms with Gasteiger partial charge in [-0.2, -0.15) is 0 Å². The van der Waals surface area contributed by atoms with Gasteiger partial charge in [-0.1, -0.05) is 18.2 Å². The van der Waals surface area contributed by atoms with E-state index in [9.17, 15) is 9.59 Å². The number of benzene rings is 1. The molecule has 0 spiro atoms. The molecule has 0 amide bonds. The van der Waals surface area contributed by atoms with Gasteiger partial charge in [0.1, 0.15) is 5.60 Å². The molecule has 5 heteroatoms.